The molecule has 121 heavy (non-hydrogen) atoms. The summed E-state index contributed by atoms with van der Waals surface area (Å²) in [5.41, 5.74) is 28.1. The lowest BCUT2D eigenvalue weighted by molar-refractivity contribution is -0.143. The summed E-state index contributed by atoms with van der Waals surface area (Å²) in [6, 6.07) is -22.1. The third-order valence-electron chi connectivity index (χ3n) is 18.2. The summed E-state index contributed by atoms with van der Waals surface area (Å²) in [6.45, 7) is 13.2. The van der Waals surface area contributed by atoms with Gasteiger partial charge in [-0.1, -0.05) is 55.4 Å². The molecule has 0 spiro atoms. The van der Waals surface area contributed by atoms with Crippen LogP contribution in [0.2, 0.25) is 0 Å². The molecule has 0 aliphatic carbocycles. The third kappa shape index (κ3) is 44.2. The smallest absolute Gasteiger partial charge is 0.326 e. The highest BCUT2D eigenvalue weighted by atomic mass is 16.4. The first-order valence-corrected chi connectivity index (χ1v) is 39.9. The number of aliphatic hydroxyl groups excluding tert-OH is 1. The lowest BCUT2D eigenvalue weighted by atomic mass is 9.99. The molecular weight excluding hydrogens is 1590 g/mol. The molecule has 1 heterocycles. The molecule has 47 heteroatoms. The summed E-state index contributed by atoms with van der Waals surface area (Å²) >= 11 is 0. The summed E-state index contributed by atoms with van der Waals surface area (Å²) in [7, 11) is 0. The number of nitrogens with zero attached hydrogens (tertiary/aromatic N) is 1. The molecule has 0 bridgehead atoms. The van der Waals surface area contributed by atoms with Crippen molar-refractivity contribution in [3.8, 4) is 0 Å². The van der Waals surface area contributed by atoms with E-state index in [1.165, 1.54) is 19.4 Å². The number of carbonyl (C=O) groups excluding carboxylic acids is 15. The maximum atomic E-state index is 14.6. The highest BCUT2D eigenvalue weighted by Crippen LogP contribution is 2.16. The molecule has 0 saturated heterocycles. The van der Waals surface area contributed by atoms with Gasteiger partial charge in [-0.3, -0.25) is 91.7 Å². The zero-order valence-corrected chi connectivity index (χ0v) is 69.8. The molecule has 1 rings (SSSR count). The number of rotatable bonds is 62. The standard InChI is InChI=1S/C74H127N23O24/c1-36(2)27-49(67(114)87-43(17-14-26-82-74(79)80)62(109)83-33-55(100)86-48(73(120)121)20-23-57(103)104)92-60(107)40(9)85-63(110)44(15-10-12-24-75)91-72(119)59(39(7)8)97-66(113)45(16-11-13-25-76)88-64(111)47(19-22-56(101)102)90-69(116)51(29-38(5)6)94-70(117)52(30-41-32-81-35-84-41)95-71(118)53(31-58(105)106)96-65(112)46(18-21-54(78)99)89-68(115)50(28-37(3)4)93-61(108)42(77)34-98/h32,35-40,42-53,59,98H,10-31,33-34,75-77H2,1-9H3,(H2,78,99)(H,81,84)(H,83,109)(H,85,110)(H,86,100)(H,87,114)(H,88,111)(H,89,115)(H,90,116)(H,91,119)(H,92,107)(H,93,108)(H,94,117)(H,95,118)(H,96,112)(H,97,113)(H,101,102)(H,103,104)(H,105,106)(H,120,121)(H4,79,80,82)/t40-,42-,43-,44-,45-,46-,47-,48-,49-,50-,51-,52-,53-,59-/m0/s1. The minimum absolute atomic E-state index is 0.0319. The Morgan fingerprint density at radius 2 is 0.793 bits per heavy atom. The molecule has 15 amide bonds. The molecule has 0 aromatic carbocycles. The van der Waals surface area contributed by atoms with E-state index in [1.54, 1.807) is 55.4 Å². The lowest BCUT2D eigenvalue weighted by Gasteiger charge is -2.29. The van der Waals surface area contributed by atoms with E-state index in [0.29, 0.717) is 6.42 Å². The van der Waals surface area contributed by atoms with Crippen molar-refractivity contribution in [2.45, 2.75) is 269 Å². The average Bonchev–Trinajstić information content (AvgIpc) is 1.74. The number of carbonyl (C=O) groups is 19. The Morgan fingerprint density at radius 3 is 1.21 bits per heavy atom. The number of nitrogens with one attached hydrogen (secondary N) is 17. The predicted octanol–water partition coefficient (Wildman–Crippen LogP) is -7.42. The van der Waals surface area contributed by atoms with Crippen LogP contribution in [0.1, 0.15) is 184 Å². The summed E-state index contributed by atoms with van der Waals surface area (Å²) in [6.07, 6.45) is -2.13. The molecule has 682 valence electrons. The molecule has 0 aliphatic heterocycles. The zero-order chi connectivity index (χ0) is 91.9. The number of amides is 15. The second-order valence-electron chi connectivity index (χ2n) is 30.7. The first kappa shape index (κ1) is 107. The molecule has 0 saturated carbocycles. The molecule has 47 nitrogen and oxygen atoms in total. The van der Waals surface area contributed by atoms with E-state index < -0.39 is 279 Å². The number of carboxylic acid groups (broad SMARTS) is 4. The van der Waals surface area contributed by atoms with Crippen LogP contribution >= 0.6 is 0 Å². The van der Waals surface area contributed by atoms with Crippen LogP contribution < -0.4 is 108 Å². The van der Waals surface area contributed by atoms with Crippen LogP contribution in [0.15, 0.2) is 12.5 Å². The number of unbranched alkanes of at least 4 members (excludes halogenated alkanes) is 2. The zero-order valence-electron chi connectivity index (χ0n) is 69.8. The van der Waals surface area contributed by atoms with E-state index in [0.717, 1.165) is 0 Å². The third-order valence-corrected chi connectivity index (χ3v) is 18.2. The van der Waals surface area contributed by atoms with Crippen LogP contribution in [0.4, 0.5) is 0 Å². The van der Waals surface area contributed by atoms with E-state index in [4.69, 9.17) is 39.2 Å². The molecule has 1 aromatic heterocycles. The van der Waals surface area contributed by atoms with E-state index >= 15 is 0 Å². The van der Waals surface area contributed by atoms with Gasteiger partial charge in [-0.15, -0.1) is 0 Å². The molecule has 0 fully saturated rings. The van der Waals surface area contributed by atoms with Crippen molar-refractivity contribution < 1.29 is 117 Å². The number of aromatic nitrogens is 2. The Labute approximate surface area is 699 Å². The number of aromatic amines is 1. The van der Waals surface area contributed by atoms with Crippen LogP contribution in [0.3, 0.4) is 0 Å². The van der Waals surface area contributed by atoms with Crippen LogP contribution in [0.5, 0.6) is 0 Å². The minimum Gasteiger partial charge on any atom is -0.481 e. The number of carboxylic acids is 4. The Balaban J connectivity index is 3.68. The second kappa shape index (κ2) is 56.7. The van der Waals surface area contributed by atoms with E-state index in [1.807, 2.05) is 0 Å². The Bertz CT molecular complexity index is 3640. The number of primary amides is 1. The minimum atomic E-state index is -2.05. The fraction of sp³-hybridized carbons (Fsp3) is 0.689. The van der Waals surface area contributed by atoms with Crippen molar-refractivity contribution in [2.75, 3.05) is 32.8 Å². The Hall–Kier alpha value is -11.7. The monoisotopic (exact) mass is 1720 g/mol. The Kier molecular flexibility index (Phi) is 50.2. The van der Waals surface area contributed by atoms with Crippen molar-refractivity contribution in [1.82, 2.24) is 89.7 Å². The first-order valence-electron chi connectivity index (χ1n) is 39.9. The van der Waals surface area contributed by atoms with Gasteiger partial charge in [-0.25, -0.2) is 9.78 Å². The van der Waals surface area contributed by atoms with E-state index in [-0.39, 0.29) is 101 Å². The molecule has 0 unspecified atom stereocenters. The number of H-pyrrole nitrogens is 1. The van der Waals surface area contributed by atoms with Gasteiger partial charge in [-0.05, 0) is 134 Å². The number of imidazole rings is 1. The number of nitrogens with two attached hydrogens (primary N) is 5. The summed E-state index contributed by atoms with van der Waals surface area (Å²) in [5, 5.41) is 92.0. The highest BCUT2D eigenvalue weighted by Gasteiger charge is 2.39. The van der Waals surface area contributed by atoms with Gasteiger partial charge in [0.25, 0.3) is 0 Å². The van der Waals surface area contributed by atoms with Gasteiger partial charge in [0.15, 0.2) is 5.96 Å². The van der Waals surface area contributed by atoms with Crippen molar-refractivity contribution in [2.24, 2.45) is 52.3 Å². The maximum Gasteiger partial charge on any atom is 0.326 e. The number of hydrogen-bond donors (Lipinski definition) is 27. The Morgan fingerprint density at radius 1 is 0.413 bits per heavy atom. The largest absolute Gasteiger partial charge is 0.481 e. The van der Waals surface area contributed by atoms with Gasteiger partial charge in [0, 0.05) is 38.4 Å². The van der Waals surface area contributed by atoms with Gasteiger partial charge in [0.2, 0.25) is 88.6 Å². The molecule has 0 aliphatic rings. The van der Waals surface area contributed by atoms with Crippen molar-refractivity contribution >= 4 is 118 Å². The van der Waals surface area contributed by atoms with Crippen LogP contribution in [-0.4, -0.2) is 271 Å². The molecule has 1 aromatic rings. The molecule has 14 atom stereocenters. The average molecular weight is 1720 g/mol. The van der Waals surface area contributed by atoms with E-state index in [9.17, 15) is 112 Å². The number of aliphatic carboxylic acids is 4. The van der Waals surface area contributed by atoms with Gasteiger partial charge < -0.3 is 139 Å². The number of aliphatic hydroxyl groups is 1. The summed E-state index contributed by atoms with van der Waals surface area (Å²) in [5.74, 6) is -23.5. The van der Waals surface area contributed by atoms with E-state index in [2.05, 4.69) is 89.7 Å². The quantitative estimate of drug-likeness (QED) is 0.0164. The predicted molar refractivity (Wildman–Crippen MR) is 431 cm³/mol. The number of guanidine groups is 1. The van der Waals surface area contributed by atoms with Crippen molar-refractivity contribution in [1.29, 1.82) is 5.41 Å². The van der Waals surface area contributed by atoms with Gasteiger partial charge in [0.05, 0.1) is 31.6 Å². The molecule has 0 radical (unpaired) electrons. The normalized spacial score (nSPS) is 14.7. The van der Waals surface area contributed by atoms with Crippen molar-refractivity contribution in [3.63, 3.8) is 0 Å². The fourth-order valence-electron chi connectivity index (χ4n) is 11.8. The van der Waals surface area contributed by atoms with Crippen molar-refractivity contribution in [3.05, 3.63) is 18.2 Å². The summed E-state index contributed by atoms with van der Waals surface area (Å²) in [4.78, 5) is 262. The van der Waals surface area contributed by atoms with Gasteiger partial charge >= 0.3 is 23.9 Å². The maximum absolute atomic E-state index is 14.6. The molecular formula is C74H127N23O24. The highest BCUT2D eigenvalue weighted by molar-refractivity contribution is 6.01. The topological polar surface area (TPSA) is 789 Å². The first-order chi connectivity index (χ1) is 56.7. The fourth-order valence-corrected chi connectivity index (χ4v) is 11.8. The second-order valence-corrected chi connectivity index (χ2v) is 30.7. The summed E-state index contributed by atoms with van der Waals surface area (Å²) < 4.78 is 0. The van der Waals surface area contributed by atoms with Gasteiger partial charge in [0.1, 0.15) is 84.6 Å². The van der Waals surface area contributed by atoms with Gasteiger partial charge in [-0.2, -0.15) is 0 Å². The SMILES string of the molecule is CC(C)C[C@H](NC(=O)[C@H](C)NC(=O)[C@H](CCCCN)NC(=O)[C@@H](NC(=O)[C@H](CCCCN)NC(=O)[C@H](CCC(=O)O)NC(=O)[C@H](CC(C)C)NC(=O)[C@H](Cc1c[nH]cn1)NC(=O)[C@H](CC(=O)O)NC(=O)[C@H](CCC(N)=O)NC(=O)[C@H](CC(C)C)NC(=O)[C@@H](N)CO)C(C)C)C(=O)N[C@@H](CCCNC(=N)N)C(=O)NCC(=O)N[C@@H](CCC(=O)O)C(=O)O. The lowest BCUT2D eigenvalue weighted by Crippen LogP contribution is -2.61. The number of hydrogen-bond acceptors (Lipinski definition) is 25. The van der Waals surface area contributed by atoms with Crippen LogP contribution in [0, 0.1) is 29.1 Å². The van der Waals surface area contributed by atoms with Crippen LogP contribution in [-0.2, 0) is 97.5 Å². The van der Waals surface area contributed by atoms with Crippen LogP contribution in [0.25, 0.3) is 0 Å². The molecule has 32 N–H and O–H groups in total.